The molecule has 0 aromatic carbocycles. The SMILES string of the molecule is CC(C)CNC(=O)CN(C)C(c1ccsc1)C(C)N. The zero-order chi connectivity index (χ0) is 14.4. The normalized spacial score (nSPS) is 14.7. The second-order valence-electron chi connectivity index (χ2n) is 5.47. The maximum Gasteiger partial charge on any atom is 0.234 e. The standard InChI is InChI=1S/C14H25N3OS/c1-10(2)7-16-13(18)8-17(4)14(11(3)15)12-5-6-19-9-12/h5-6,9-11,14H,7-8,15H2,1-4H3,(H,16,18). The van der Waals surface area contributed by atoms with Crippen LogP contribution in [0.25, 0.3) is 0 Å². The molecule has 2 unspecified atom stereocenters. The molecular formula is C14H25N3OS. The molecule has 1 aromatic rings. The van der Waals surface area contributed by atoms with Gasteiger partial charge < -0.3 is 11.1 Å². The Labute approximate surface area is 120 Å². The number of nitrogens with one attached hydrogen (secondary N) is 1. The zero-order valence-electron chi connectivity index (χ0n) is 12.2. The van der Waals surface area contributed by atoms with Crippen molar-refractivity contribution in [2.24, 2.45) is 11.7 Å². The average Bonchev–Trinajstić information content (AvgIpc) is 2.79. The third kappa shape index (κ3) is 5.30. The van der Waals surface area contributed by atoms with Gasteiger partial charge >= 0.3 is 0 Å². The molecule has 1 aromatic heterocycles. The molecule has 3 N–H and O–H groups in total. The first-order valence-corrected chi connectivity index (χ1v) is 7.60. The summed E-state index contributed by atoms with van der Waals surface area (Å²) in [6.07, 6.45) is 0. The highest BCUT2D eigenvalue weighted by Gasteiger charge is 2.23. The molecule has 0 saturated carbocycles. The lowest BCUT2D eigenvalue weighted by atomic mass is 10.0. The fourth-order valence-electron chi connectivity index (χ4n) is 2.10. The van der Waals surface area contributed by atoms with Crippen molar-refractivity contribution in [3.63, 3.8) is 0 Å². The number of nitrogens with two attached hydrogens (primary N) is 1. The van der Waals surface area contributed by atoms with E-state index >= 15 is 0 Å². The number of thiophene rings is 1. The molecule has 1 amide bonds. The summed E-state index contributed by atoms with van der Waals surface area (Å²) in [5.41, 5.74) is 7.24. The van der Waals surface area contributed by atoms with Crippen molar-refractivity contribution in [1.82, 2.24) is 10.2 Å². The maximum atomic E-state index is 11.9. The maximum absolute atomic E-state index is 11.9. The summed E-state index contributed by atoms with van der Waals surface area (Å²) in [6, 6.07) is 2.13. The molecular weight excluding hydrogens is 258 g/mol. The molecule has 4 nitrogen and oxygen atoms in total. The summed E-state index contributed by atoms with van der Waals surface area (Å²) < 4.78 is 0. The molecule has 5 heteroatoms. The topological polar surface area (TPSA) is 58.4 Å². The molecule has 0 bridgehead atoms. The highest BCUT2D eigenvalue weighted by molar-refractivity contribution is 7.07. The second kappa shape index (κ2) is 7.62. The van der Waals surface area contributed by atoms with Crippen LogP contribution in [0, 0.1) is 5.92 Å². The molecule has 0 aliphatic rings. The number of carbonyl (C=O) groups is 1. The summed E-state index contributed by atoms with van der Waals surface area (Å²) in [5, 5.41) is 7.07. The van der Waals surface area contributed by atoms with Crippen LogP contribution in [0.3, 0.4) is 0 Å². The number of carbonyl (C=O) groups excluding carboxylic acids is 1. The van der Waals surface area contributed by atoms with Crippen LogP contribution in [0.5, 0.6) is 0 Å². The van der Waals surface area contributed by atoms with E-state index in [1.54, 1.807) is 11.3 Å². The highest BCUT2D eigenvalue weighted by Crippen LogP contribution is 2.24. The van der Waals surface area contributed by atoms with Crippen molar-refractivity contribution in [2.45, 2.75) is 32.9 Å². The quantitative estimate of drug-likeness (QED) is 0.803. The van der Waals surface area contributed by atoms with Gasteiger partial charge in [-0.3, -0.25) is 9.69 Å². The van der Waals surface area contributed by atoms with E-state index in [1.807, 2.05) is 24.3 Å². The fourth-order valence-corrected chi connectivity index (χ4v) is 2.79. The molecule has 0 spiro atoms. The van der Waals surface area contributed by atoms with E-state index in [1.165, 1.54) is 5.56 Å². The number of likely N-dealkylation sites (N-methyl/N-ethyl adjacent to an activating group) is 1. The van der Waals surface area contributed by atoms with E-state index in [0.717, 1.165) is 0 Å². The summed E-state index contributed by atoms with van der Waals surface area (Å²) in [5.74, 6) is 0.521. The van der Waals surface area contributed by atoms with Gasteiger partial charge in [0.25, 0.3) is 0 Å². The van der Waals surface area contributed by atoms with Crippen molar-refractivity contribution in [1.29, 1.82) is 0 Å². The lowest BCUT2D eigenvalue weighted by Gasteiger charge is -2.30. The summed E-state index contributed by atoms with van der Waals surface area (Å²) >= 11 is 1.65. The van der Waals surface area contributed by atoms with Crippen molar-refractivity contribution in [3.05, 3.63) is 22.4 Å². The molecule has 0 radical (unpaired) electrons. The minimum atomic E-state index is -0.0162. The minimum absolute atomic E-state index is 0.0162. The van der Waals surface area contributed by atoms with E-state index < -0.39 is 0 Å². The number of nitrogens with zero attached hydrogens (tertiary/aromatic N) is 1. The van der Waals surface area contributed by atoms with Gasteiger partial charge in [-0.15, -0.1) is 0 Å². The van der Waals surface area contributed by atoms with Crippen LogP contribution < -0.4 is 11.1 Å². The van der Waals surface area contributed by atoms with Gasteiger partial charge in [0, 0.05) is 12.6 Å². The third-order valence-electron chi connectivity index (χ3n) is 2.96. The minimum Gasteiger partial charge on any atom is -0.355 e. The van der Waals surface area contributed by atoms with Crippen LogP contribution in [-0.4, -0.2) is 37.0 Å². The van der Waals surface area contributed by atoms with Crippen LogP contribution in [0.1, 0.15) is 32.4 Å². The molecule has 108 valence electrons. The Kier molecular flexibility index (Phi) is 6.48. The summed E-state index contributed by atoms with van der Waals surface area (Å²) in [4.78, 5) is 13.9. The van der Waals surface area contributed by atoms with Crippen molar-refractivity contribution >= 4 is 17.2 Å². The summed E-state index contributed by atoms with van der Waals surface area (Å²) in [7, 11) is 1.95. The van der Waals surface area contributed by atoms with Gasteiger partial charge in [0.2, 0.25) is 5.91 Å². The van der Waals surface area contributed by atoms with E-state index in [9.17, 15) is 4.79 Å². The van der Waals surface area contributed by atoms with Crippen LogP contribution in [-0.2, 0) is 4.79 Å². The third-order valence-corrected chi connectivity index (χ3v) is 3.66. The van der Waals surface area contributed by atoms with Crippen molar-refractivity contribution < 1.29 is 4.79 Å². The Morgan fingerprint density at radius 2 is 2.16 bits per heavy atom. The Morgan fingerprint density at radius 3 is 2.63 bits per heavy atom. The number of amides is 1. The molecule has 0 aliphatic carbocycles. The van der Waals surface area contributed by atoms with Gasteiger partial charge in [-0.05, 0) is 42.3 Å². The van der Waals surface area contributed by atoms with Crippen LogP contribution >= 0.6 is 11.3 Å². The van der Waals surface area contributed by atoms with Gasteiger partial charge in [-0.1, -0.05) is 13.8 Å². The fraction of sp³-hybridized carbons (Fsp3) is 0.643. The molecule has 0 saturated heterocycles. The Morgan fingerprint density at radius 1 is 1.47 bits per heavy atom. The largest absolute Gasteiger partial charge is 0.355 e. The number of hydrogen-bond acceptors (Lipinski definition) is 4. The van der Waals surface area contributed by atoms with E-state index in [2.05, 4.69) is 30.6 Å². The van der Waals surface area contributed by atoms with Gasteiger partial charge in [-0.25, -0.2) is 0 Å². The van der Waals surface area contributed by atoms with Crippen molar-refractivity contribution in [3.8, 4) is 0 Å². The van der Waals surface area contributed by atoms with Gasteiger partial charge in [-0.2, -0.15) is 11.3 Å². The first-order chi connectivity index (χ1) is 8.91. The van der Waals surface area contributed by atoms with E-state index in [-0.39, 0.29) is 18.0 Å². The van der Waals surface area contributed by atoms with Gasteiger partial charge in [0.15, 0.2) is 0 Å². The summed E-state index contributed by atoms with van der Waals surface area (Å²) in [6.45, 7) is 7.23. The second-order valence-corrected chi connectivity index (χ2v) is 6.25. The number of hydrogen-bond donors (Lipinski definition) is 2. The molecule has 19 heavy (non-hydrogen) atoms. The highest BCUT2D eigenvalue weighted by atomic mass is 32.1. The number of rotatable bonds is 7. The Hall–Kier alpha value is -0.910. The van der Waals surface area contributed by atoms with Crippen LogP contribution in [0.15, 0.2) is 16.8 Å². The van der Waals surface area contributed by atoms with Crippen molar-refractivity contribution in [2.75, 3.05) is 20.1 Å². The molecule has 0 fully saturated rings. The lowest BCUT2D eigenvalue weighted by molar-refractivity contribution is -0.122. The molecule has 1 rings (SSSR count). The predicted molar refractivity (Wildman–Crippen MR) is 81.2 cm³/mol. The Bertz CT molecular complexity index is 376. The molecule has 0 aliphatic heterocycles. The predicted octanol–water partition coefficient (Wildman–Crippen LogP) is 1.84. The smallest absolute Gasteiger partial charge is 0.234 e. The van der Waals surface area contributed by atoms with E-state index in [4.69, 9.17) is 5.73 Å². The molecule has 1 heterocycles. The first kappa shape index (κ1) is 16.1. The van der Waals surface area contributed by atoms with E-state index in [0.29, 0.717) is 19.0 Å². The molecule has 2 atom stereocenters. The first-order valence-electron chi connectivity index (χ1n) is 6.66. The van der Waals surface area contributed by atoms with Crippen LogP contribution in [0.2, 0.25) is 0 Å². The average molecular weight is 283 g/mol. The van der Waals surface area contributed by atoms with Gasteiger partial charge in [0.1, 0.15) is 0 Å². The van der Waals surface area contributed by atoms with Crippen LogP contribution in [0.4, 0.5) is 0 Å². The Balaban J connectivity index is 2.58. The lowest BCUT2D eigenvalue weighted by Crippen LogP contribution is -2.43. The zero-order valence-corrected chi connectivity index (χ0v) is 13.0. The van der Waals surface area contributed by atoms with Gasteiger partial charge in [0.05, 0.1) is 12.6 Å². The monoisotopic (exact) mass is 283 g/mol.